The normalized spacial score (nSPS) is 10.8. The number of hydrogen-bond donors (Lipinski definition) is 1. The molecule has 21 heavy (non-hydrogen) atoms. The third kappa shape index (κ3) is 4.64. The van der Waals surface area contributed by atoms with Crippen molar-refractivity contribution in [2.75, 3.05) is 0 Å². The maximum Gasteiger partial charge on any atom is 0.307 e. The van der Waals surface area contributed by atoms with Gasteiger partial charge >= 0.3 is 5.97 Å². The molecule has 2 rings (SSSR count). The minimum absolute atomic E-state index is 0.0863. The van der Waals surface area contributed by atoms with E-state index in [-0.39, 0.29) is 6.42 Å². The molecule has 3 heteroatoms. The van der Waals surface area contributed by atoms with Gasteiger partial charge in [0.2, 0.25) is 0 Å². The van der Waals surface area contributed by atoms with Crippen LogP contribution in [0.1, 0.15) is 36.5 Å². The van der Waals surface area contributed by atoms with Crippen LogP contribution < -0.4 is 0 Å². The number of thioether (sulfide) groups is 1. The van der Waals surface area contributed by atoms with Crippen molar-refractivity contribution in [2.45, 2.75) is 36.8 Å². The van der Waals surface area contributed by atoms with Crippen molar-refractivity contribution in [2.24, 2.45) is 0 Å². The Morgan fingerprint density at radius 3 is 2.24 bits per heavy atom. The smallest absolute Gasteiger partial charge is 0.307 e. The third-order valence-corrected chi connectivity index (χ3v) is 4.46. The third-order valence-electron chi connectivity index (χ3n) is 3.40. The van der Waals surface area contributed by atoms with E-state index in [9.17, 15) is 4.79 Å². The lowest BCUT2D eigenvalue weighted by Gasteiger charge is -2.09. The van der Waals surface area contributed by atoms with E-state index in [1.54, 1.807) is 11.8 Å². The summed E-state index contributed by atoms with van der Waals surface area (Å²) in [5.74, 6) is 0.555. The molecule has 0 aliphatic heterocycles. The quantitative estimate of drug-likeness (QED) is 0.784. The fourth-order valence-corrected chi connectivity index (χ4v) is 3.08. The Bertz CT molecular complexity index is 603. The number of benzene rings is 2. The SMILES string of the molecule is CC(C)c1ccc(SCc2ccccc2CC(=O)O)cc1. The molecule has 0 aliphatic rings. The Hall–Kier alpha value is -1.74. The lowest BCUT2D eigenvalue weighted by molar-refractivity contribution is -0.136. The van der Waals surface area contributed by atoms with E-state index < -0.39 is 5.97 Å². The molecular weight excluding hydrogens is 280 g/mol. The molecule has 0 amide bonds. The number of carboxylic acid groups (broad SMARTS) is 1. The average molecular weight is 300 g/mol. The van der Waals surface area contributed by atoms with Crippen molar-refractivity contribution in [3.8, 4) is 0 Å². The maximum atomic E-state index is 10.9. The summed E-state index contributed by atoms with van der Waals surface area (Å²) in [6.45, 7) is 4.37. The first-order valence-corrected chi connectivity index (χ1v) is 8.06. The van der Waals surface area contributed by atoms with E-state index >= 15 is 0 Å². The van der Waals surface area contributed by atoms with Gasteiger partial charge in [0, 0.05) is 10.6 Å². The van der Waals surface area contributed by atoms with Crippen molar-refractivity contribution in [3.05, 3.63) is 65.2 Å². The molecule has 0 fully saturated rings. The molecule has 2 nitrogen and oxygen atoms in total. The maximum absolute atomic E-state index is 10.9. The summed E-state index contributed by atoms with van der Waals surface area (Å²) in [7, 11) is 0. The Morgan fingerprint density at radius 2 is 1.67 bits per heavy atom. The summed E-state index contributed by atoms with van der Waals surface area (Å²) in [5, 5.41) is 8.95. The lowest BCUT2D eigenvalue weighted by atomic mass is 10.0. The van der Waals surface area contributed by atoms with Crippen LogP contribution in [0.3, 0.4) is 0 Å². The molecule has 2 aromatic carbocycles. The van der Waals surface area contributed by atoms with Crippen LogP contribution in [0, 0.1) is 0 Å². The highest BCUT2D eigenvalue weighted by molar-refractivity contribution is 7.98. The van der Waals surface area contributed by atoms with Gasteiger partial charge in [0.1, 0.15) is 0 Å². The second-order valence-corrected chi connectivity index (χ2v) is 6.40. The number of carbonyl (C=O) groups is 1. The van der Waals surface area contributed by atoms with E-state index in [1.807, 2.05) is 24.3 Å². The van der Waals surface area contributed by atoms with Crippen LogP contribution in [0.5, 0.6) is 0 Å². The van der Waals surface area contributed by atoms with Crippen LogP contribution in [0.2, 0.25) is 0 Å². The first kappa shape index (κ1) is 15.6. The van der Waals surface area contributed by atoms with Gasteiger partial charge in [-0.25, -0.2) is 0 Å². The van der Waals surface area contributed by atoms with Gasteiger partial charge in [-0.3, -0.25) is 4.79 Å². The highest BCUT2D eigenvalue weighted by atomic mass is 32.2. The van der Waals surface area contributed by atoms with Crippen LogP contribution in [-0.2, 0) is 17.0 Å². The Balaban J connectivity index is 2.04. The Kier molecular flexibility index (Phi) is 5.45. The lowest BCUT2D eigenvalue weighted by Crippen LogP contribution is -2.02. The number of rotatable bonds is 6. The summed E-state index contributed by atoms with van der Waals surface area (Å²) < 4.78 is 0. The molecule has 0 saturated carbocycles. The van der Waals surface area contributed by atoms with Crippen molar-refractivity contribution in [1.29, 1.82) is 0 Å². The molecule has 2 aromatic rings. The molecule has 0 atom stereocenters. The molecule has 0 bridgehead atoms. The van der Waals surface area contributed by atoms with Crippen molar-refractivity contribution in [1.82, 2.24) is 0 Å². The van der Waals surface area contributed by atoms with Gasteiger partial charge in [-0.1, -0.05) is 50.2 Å². The molecule has 1 N–H and O–H groups in total. The standard InChI is InChI=1S/C18H20O2S/c1-13(2)14-7-9-17(10-8-14)21-12-16-6-4-3-5-15(16)11-18(19)20/h3-10,13H,11-12H2,1-2H3,(H,19,20). The van der Waals surface area contributed by atoms with Gasteiger partial charge in [0.05, 0.1) is 6.42 Å². The average Bonchev–Trinajstić information content (AvgIpc) is 2.46. The molecule has 0 heterocycles. The Morgan fingerprint density at radius 1 is 1.05 bits per heavy atom. The predicted molar refractivity (Wildman–Crippen MR) is 87.9 cm³/mol. The second kappa shape index (κ2) is 7.32. The first-order valence-electron chi connectivity index (χ1n) is 7.07. The summed E-state index contributed by atoms with van der Waals surface area (Å²) in [4.78, 5) is 12.1. The molecular formula is C18H20O2S. The van der Waals surface area contributed by atoms with Gasteiger partial charge in [-0.2, -0.15) is 0 Å². The van der Waals surface area contributed by atoms with Gasteiger partial charge in [-0.15, -0.1) is 11.8 Å². The van der Waals surface area contributed by atoms with Crippen LogP contribution in [0.4, 0.5) is 0 Å². The molecule has 110 valence electrons. The van der Waals surface area contributed by atoms with E-state index in [0.29, 0.717) is 5.92 Å². The van der Waals surface area contributed by atoms with E-state index in [2.05, 4.69) is 38.1 Å². The van der Waals surface area contributed by atoms with Crippen molar-refractivity contribution in [3.63, 3.8) is 0 Å². The van der Waals surface area contributed by atoms with Gasteiger partial charge < -0.3 is 5.11 Å². The highest BCUT2D eigenvalue weighted by Crippen LogP contribution is 2.26. The number of hydrogen-bond acceptors (Lipinski definition) is 2. The molecule has 0 unspecified atom stereocenters. The minimum atomic E-state index is -0.784. The minimum Gasteiger partial charge on any atom is -0.481 e. The zero-order valence-corrected chi connectivity index (χ0v) is 13.2. The summed E-state index contributed by atoms with van der Waals surface area (Å²) in [6, 6.07) is 16.4. The van der Waals surface area contributed by atoms with Gasteiger partial charge in [0.25, 0.3) is 0 Å². The Labute approximate surface area is 130 Å². The van der Waals surface area contributed by atoms with Crippen molar-refractivity contribution < 1.29 is 9.90 Å². The highest BCUT2D eigenvalue weighted by Gasteiger charge is 2.07. The summed E-state index contributed by atoms with van der Waals surface area (Å²) in [6.07, 6.45) is 0.0863. The van der Waals surface area contributed by atoms with Crippen LogP contribution in [0.25, 0.3) is 0 Å². The summed E-state index contributed by atoms with van der Waals surface area (Å²) >= 11 is 1.74. The molecule has 0 radical (unpaired) electrons. The van der Waals surface area contributed by atoms with Crippen LogP contribution in [0.15, 0.2) is 53.4 Å². The van der Waals surface area contributed by atoms with Gasteiger partial charge in [0.15, 0.2) is 0 Å². The largest absolute Gasteiger partial charge is 0.481 e. The van der Waals surface area contributed by atoms with Crippen molar-refractivity contribution >= 4 is 17.7 Å². The topological polar surface area (TPSA) is 37.3 Å². The van der Waals surface area contributed by atoms with E-state index in [0.717, 1.165) is 16.9 Å². The van der Waals surface area contributed by atoms with Crippen LogP contribution >= 0.6 is 11.8 Å². The van der Waals surface area contributed by atoms with E-state index in [4.69, 9.17) is 5.11 Å². The zero-order chi connectivity index (χ0) is 15.2. The fraction of sp³-hybridized carbons (Fsp3) is 0.278. The second-order valence-electron chi connectivity index (χ2n) is 5.35. The molecule has 0 spiro atoms. The van der Waals surface area contributed by atoms with Crippen LogP contribution in [-0.4, -0.2) is 11.1 Å². The zero-order valence-electron chi connectivity index (χ0n) is 12.4. The van der Waals surface area contributed by atoms with Gasteiger partial charge in [-0.05, 0) is 34.7 Å². The molecule has 0 aliphatic carbocycles. The molecule has 0 aromatic heterocycles. The monoisotopic (exact) mass is 300 g/mol. The summed E-state index contributed by atoms with van der Waals surface area (Å²) in [5.41, 5.74) is 3.33. The fourth-order valence-electron chi connectivity index (χ4n) is 2.14. The number of aliphatic carboxylic acids is 1. The van der Waals surface area contributed by atoms with E-state index in [1.165, 1.54) is 10.5 Å². The molecule has 0 saturated heterocycles. The predicted octanol–water partition coefficient (Wildman–Crippen LogP) is 4.73. The number of carboxylic acids is 1. The first-order chi connectivity index (χ1) is 10.1.